The highest BCUT2D eigenvalue weighted by molar-refractivity contribution is 5.95. The number of hydrogen-bond acceptors (Lipinski definition) is 4. The summed E-state index contributed by atoms with van der Waals surface area (Å²) in [4.78, 5) is 14.9. The Morgan fingerprint density at radius 3 is 2.61 bits per heavy atom. The van der Waals surface area contributed by atoms with E-state index in [2.05, 4.69) is 0 Å². The van der Waals surface area contributed by atoms with Gasteiger partial charge in [-0.05, 0) is 79.0 Å². The number of nitrogens with zero attached hydrogens (tertiary/aromatic N) is 1. The first kappa shape index (κ1) is 22.1. The molecule has 4 atom stereocenters. The van der Waals surface area contributed by atoms with E-state index in [-0.39, 0.29) is 23.9 Å². The van der Waals surface area contributed by atoms with E-state index in [0.717, 1.165) is 31.6 Å². The van der Waals surface area contributed by atoms with E-state index in [9.17, 15) is 9.18 Å². The van der Waals surface area contributed by atoms with Crippen LogP contribution in [0.25, 0.3) is 0 Å². The predicted octanol–water partition coefficient (Wildman–Crippen LogP) is 3.90. The van der Waals surface area contributed by atoms with Gasteiger partial charge in [0.2, 0.25) is 0 Å². The SMILES string of the molecule is Cl.NCCc1ccc(Oc2ccc(F)c(C(=O)N3C[C@@H]4C[C@@H]5COC[C@@H]5[C@@H]4C3)c2)cc1. The molecule has 2 aromatic carbocycles. The van der Waals surface area contributed by atoms with Crippen LogP contribution in [0.4, 0.5) is 4.39 Å². The van der Waals surface area contributed by atoms with Gasteiger partial charge >= 0.3 is 0 Å². The lowest BCUT2D eigenvalue weighted by Gasteiger charge is -2.20. The molecule has 166 valence electrons. The van der Waals surface area contributed by atoms with Crippen LogP contribution in [-0.4, -0.2) is 43.7 Å². The van der Waals surface area contributed by atoms with Crippen LogP contribution >= 0.6 is 12.4 Å². The fourth-order valence-corrected chi connectivity index (χ4v) is 5.45. The Morgan fingerprint density at radius 1 is 1.06 bits per heavy atom. The summed E-state index contributed by atoms with van der Waals surface area (Å²) in [5.41, 5.74) is 6.79. The van der Waals surface area contributed by atoms with Crippen LogP contribution < -0.4 is 10.5 Å². The number of nitrogens with two attached hydrogens (primary N) is 1. The van der Waals surface area contributed by atoms with Crippen molar-refractivity contribution in [2.45, 2.75) is 12.8 Å². The molecule has 3 fully saturated rings. The fraction of sp³-hybridized carbons (Fsp3) is 0.458. The van der Waals surface area contributed by atoms with Crippen molar-refractivity contribution in [2.24, 2.45) is 29.4 Å². The first-order chi connectivity index (χ1) is 14.6. The van der Waals surface area contributed by atoms with Gasteiger partial charge in [-0.1, -0.05) is 12.1 Å². The molecule has 1 amide bonds. The van der Waals surface area contributed by atoms with Gasteiger partial charge in [0.15, 0.2) is 0 Å². The number of halogens is 2. The highest BCUT2D eigenvalue weighted by atomic mass is 35.5. The van der Waals surface area contributed by atoms with Crippen molar-refractivity contribution in [1.29, 1.82) is 0 Å². The average Bonchev–Trinajstić information content (AvgIpc) is 3.43. The van der Waals surface area contributed by atoms with Crippen molar-refractivity contribution < 1.29 is 18.7 Å². The Bertz CT molecular complexity index is 939. The summed E-state index contributed by atoms with van der Waals surface area (Å²) in [6, 6.07) is 12.0. The predicted molar refractivity (Wildman–Crippen MR) is 118 cm³/mol. The maximum Gasteiger partial charge on any atom is 0.256 e. The maximum atomic E-state index is 14.5. The number of benzene rings is 2. The minimum atomic E-state index is -0.509. The molecule has 5 nitrogen and oxygen atoms in total. The van der Waals surface area contributed by atoms with E-state index >= 15 is 0 Å². The molecule has 2 aliphatic heterocycles. The summed E-state index contributed by atoms with van der Waals surface area (Å²) in [6.07, 6.45) is 1.92. The van der Waals surface area contributed by atoms with Crippen molar-refractivity contribution in [3.8, 4) is 11.5 Å². The van der Waals surface area contributed by atoms with Crippen molar-refractivity contribution in [3.05, 3.63) is 59.4 Å². The zero-order chi connectivity index (χ0) is 20.7. The van der Waals surface area contributed by atoms with Crippen molar-refractivity contribution in [3.63, 3.8) is 0 Å². The molecule has 5 rings (SSSR count). The summed E-state index contributed by atoms with van der Waals surface area (Å²) in [5, 5.41) is 0. The number of amides is 1. The highest BCUT2D eigenvalue weighted by Crippen LogP contribution is 2.48. The third kappa shape index (κ3) is 4.29. The third-order valence-electron chi connectivity index (χ3n) is 6.94. The first-order valence-electron chi connectivity index (χ1n) is 10.8. The zero-order valence-corrected chi connectivity index (χ0v) is 18.2. The monoisotopic (exact) mass is 446 g/mol. The molecule has 2 N–H and O–H groups in total. The standard InChI is InChI=1S/C24H27FN2O3.ClH/c25-23-6-5-19(30-18-3-1-15(2-4-18)7-8-26)10-20(23)24(28)27-11-16-9-17-13-29-14-22(17)21(16)12-27;/h1-6,10,16-17,21-22H,7-9,11-14,26H2;1H/t16-,17+,21+,22-;/m0./s1. The Hall–Kier alpha value is -2.15. The third-order valence-corrected chi connectivity index (χ3v) is 6.94. The topological polar surface area (TPSA) is 64.8 Å². The van der Waals surface area contributed by atoms with Crippen LogP contribution in [0.3, 0.4) is 0 Å². The highest BCUT2D eigenvalue weighted by Gasteiger charge is 2.51. The summed E-state index contributed by atoms with van der Waals surface area (Å²) in [7, 11) is 0. The van der Waals surface area contributed by atoms with E-state index in [1.54, 1.807) is 6.07 Å². The van der Waals surface area contributed by atoms with Crippen LogP contribution in [0.5, 0.6) is 11.5 Å². The largest absolute Gasteiger partial charge is 0.457 e. The second kappa shape index (κ2) is 9.15. The van der Waals surface area contributed by atoms with Crippen LogP contribution in [0.2, 0.25) is 0 Å². The van der Waals surface area contributed by atoms with Crippen LogP contribution in [0.1, 0.15) is 22.3 Å². The molecule has 7 heteroatoms. The van der Waals surface area contributed by atoms with Gasteiger partial charge in [0, 0.05) is 19.7 Å². The van der Waals surface area contributed by atoms with Gasteiger partial charge in [-0.15, -0.1) is 12.4 Å². The molecule has 31 heavy (non-hydrogen) atoms. The van der Waals surface area contributed by atoms with Gasteiger partial charge in [0.1, 0.15) is 17.3 Å². The number of carbonyl (C=O) groups is 1. The van der Waals surface area contributed by atoms with Gasteiger partial charge in [-0.25, -0.2) is 4.39 Å². The molecule has 0 unspecified atom stereocenters. The van der Waals surface area contributed by atoms with E-state index in [1.807, 2.05) is 29.2 Å². The minimum Gasteiger partial charge on any atom is -0.457 e. The lowest BCUT2D eigenvalue weighted by Crippen LogP contribution is -2.31. The summed E-state index contributed by atoms with van der Waals surface area (Å²) >= 11 is 0. The number of likely N-dealkylation sites (tertiary alicyclic amines) is 1. The molecule has 0 bridgehead atoms. The normalized spacial score (nSPS) is 26.3. The van der Waals surface area contributed by atoms with Gasteiger partial charge in [0.05, 0.1) is 12.2 Å². The fourth-order valence-electron chi connectivity index (χ4n) is 5.45. The number of ether oxygens (including phenoxy) is 2. The smallest absolute Gasteiger partial charge is 0.256 e. The molecule has 3 aliphatic rings. The van der Waals surface area contributed by atoms with Crippen molar-refractivity contribution in [2.75, 3.05) is 32.8 Å². The van der Waals surface area contributed by atoms with E-state index in [0.29, 0.717) is 54.8 Å². The summed E-state index contributed by atoms with van der Waals surface area (Å²) in [6.45, 7) is 3.66. The first-order valence-corrected chi connectivity index (χ1v) is 10.8. The molecule has 0 spiro atoms. The molecule has 2 saturated heterocycles. The van der Waals surface area contributed by atoms with Crippen LogP contribution in [-0.2, 0) is 11.2 Å². The second-order valence-electron chi connectivity index (χ2n) is 8.76. The summed E-state index contributed by atoms with van der Waals surface area (Å²) < 4.78 is 26.0. The van der Waals surface area contributed by atoms with Crippen LogP contribution in [0.15, 0.2) is 42.5 Å². The molecule has 2 heterocycles. The lowest BCUT2D eigenvalue weighted by atomic mass is 9.91. The lowest BCUT2D eigenvalue weighted by molar-refractivity contribution is 0.0769. The van der Waals surface area contributed by atoms with Crippen LogP contribution in [0, 0.1) is 29.5 Å². The van der Waals surface area contributed by atoms with Gasteiger partial charge in [0.25, 0.3) is 5.91 Å². The number of fused-ring (bicyclic) bond motifs is 3. The molecular weight excluding hydrogens is 419 g/mol. The van der Waals surface area contributed by atoms with E-state index in [4.69, 9.17) is 15.2 Å². The molecule has 1 aliphatic carbocycles. The quantitative estimate of drug-likeness (QED) is 0.756. The van der Waals surface area contributed by atoms with Gasteiger partial charge in [-0.2, -0.15) is 0 Å². The minimum absolute atomic E-state index is 0. The number of hydrogen-bond donors (Lipinski definition) is 1. The summed E-state index contributed by atoms with van der Waals surface area (Å²) in [5.74, 6) is 2.53. The number of rotatable bonds is 5. The van der Waals surface area contributed by atoms with Crippen molar-refractivity contribution >= 4 is 18.3 Å². The van der Waals surface area contributed by atoms with Gasteiger partial charge < -0.3 is 20.1 Å². The molecular formula is C24H28ClFN2O3. The Labute approximate surface area is 188 Å². The average molecular weight is 447 g/mol. The van der Waals surface area contributed by atoms with E-state index < -0.39 is 5.82 Å². The molecule has 0 radical (unpaired) electrons. The zero-order valence-electron chi connectivity index (χ0n) is 17.3. The Morgan fingerprint density at radius 2 is 1.84 bits per heavy atom. The second-order valence-corrected chi connectivity index (χ2v) is 8.76. The number of carbonyl (C=O) groups excluding carboxylic acids is 1. The van der Waals surface area contributed by atoms with Crippen molar-refractivity contribution in [1.82, 2.24) is 4.90 Å². The molecule has 2 aromatic rings. The Balaban J connectivity index is 0.00000231. The Kier molecular flexibility index (Phi) is 6.51. The molecule has 0 aromatic heterocycles. The van der Waals surface area contributed by atoms with E-state index in [1.165, 1.54) is 12.1 Å². The molecule has 1 saturated carbocycles. The van der Waals surface area contributed by atoms with Gasteiger partial charge in [-0.3, -0.25) is 4.79 Å². The maximum absolute atomic E-state index is 14.5.